The minimum atomic E-state index is -3.54. The first-order valence-corrected chi connectivity index (χ1v) is 8.75. The van der Waals surface area contributed by atoms with Crippen molar-refractivity contribution in [2.75, 3.05) is 25.1 Å². The molecule has 0 bridgehead atoms. The first-order valence-electron chi connectivity index (χ1n) is 7.27. The fourth-order valence-electron chi connectivity index (χ4n) is 2.33. The van der Waals surface area contributed by atoms with Crippen LogP contribution in [0.4, 0.5) is 5.69 Å². The lowest BCUT2D eigenvalue weighted by atomic mass is 10.1. The van der Waals surface area contributed by atoms with Gasteiger partial charge in [0.15, 0.2) is 0 Å². The van der Waals surface area contributed by atoms with E-state index in [0.717, 1.165) is 23.4 Å². The van der Waals surface area contributed by atoms with Gasteiger partial charge in [-0.15, -0.1) is 0 Å². The highest BCUT2D eigenvalue weighted by Crippen LogP contribution is 2.24. The third-order valence-corrected chi connectivity index (χ3v) is 4.93. The van der Waals surface area contributed by atoms with Crippen LogP contribution in [0.3, 0.4) is 0 Å². The summed E-state index contributed by atoms with van der Waals surface area (Å²) in [5.41, 5.74) is 2.41. The highest BCUT2D eigenvalue weighted by molar-refractivity contribution is 7.89. The third kappa shape index (κ3) is 4.98. The van der Waals surface area contributed by atoms with Gasteiger partial charge in [0, 0.05) is 24.9 Å². The van der Waals surface area contributed by atoms with E-state index in [4.69, 9.17) is 4.74 Å². The molecular formula is C15H26N2O3S. The largest absolute Gasteiger partial charge is 0.385 e. The molecule has 1 aromatic carbocycles. The fraction of sp³-hybridized carbons (Fsp3) is 0.600. The van der Waals surface area contributed by atoms with Crippen LogP contribution in [0, 0.1) is 13.8 Å². The summed E-state index contributed by atoms with van der Waals surface area (Å²) in [6.45, 7) is 11.1. The Morgan fingerprint density at radius 2 is 1.76 bits per heavy atom. The van der Waals surface area contributed by atoms with Crippen molar-refractivity contribution >= 4 is 15.7 Å². The van der Waals surface area contributed by atoms with Crippen molar-refractivity contribution in [2.24, 2.45) is 0 Å². The molecule has 0 aliphatic heterocycles. The maximum atomic E-state index is 12.5. The molecule has 6 heteroatoms. The number of hydrogen-bond acceptors (Lipinski definition) is 4. The summed E-state index contributed by atoms with van der Waals surface area (Å²) in [7, 11) is -3.54. The summed E-state index contributed by atoms with van der Waals surface area (Å²) >= 11 is 0. The van der Waals surface area contributed by atoms with Crippen LogP contribution >= 0.6 is 0 Å². The van der Waals surface area contributed by atoms with Gasteiger partial charge in [0.25, 0.3) is 0 Å². The molecule has 1 atom stereocenters. The van der Waals surface area contributed by atoms with E-state index in [1.54, 1.807) is 6.92 Å². The molecule has 0 radical (unpaired) electrons. The number of hydrogen-bond donors (Lipinski definition) is 2. The van der Waals surface area contributed by atoms with Crippen LogP contribution < -0.4 is 10.0 Å². The SMILES string of the molecule is CCNc1cc(C)c(S(=O)(=O)NC(C)COCC)c(C)c1. The molecule has 1 rings (SSSR count). The molecular weight excluding hydrogens is 288 g/mol. The van der Waals surface area contributed by atoms with Gasteiger partial charge in [-0.3, -0.25) is 0 Å². The zero-order valence-corrected chi connectivity index (χ0v) is 14.3. The van der Waals surface area contributed by atoms with Crippen molar-refractivity contribution in [3.63, 3.8) is 0 Å². The standard InChI is InChI=1S/C15H26N2O3S/c1-6-16-14-8-11(3)15(12(4)9-14)21(18,19)17-13(5)10-20-7-2/h8-9,13,16-17H,6-7,10H2,1-5H3. The Bertz CT molecular complexity index is 547. The van der Waals surface area contributed by atoms with E-state index >= 15 is 0 Å². The predicted octanol–water partition coefficient (Wildman–Crippen LogP) is 2.44. The van der Waals surface area contributed by atoms with Crippen molar-refractivity contribution in [3.05, 3.63) is 23.3 Å². The Kier molecular flexibility index (Phi) is 6.64. The first-order chi connectivity index (χ1) is 9.81. The molecule has 0 saturated carbocycles. The summed E-state index contributed by atoms with van der Waals surface area (Å²) in [6, 6.07) is 3.46. The van der Waals surface area contributed by atoms with Crippen LogP contribution in [-0.4, -0.2) is 34.2 Å². The molecule has 0 amide bonds. The predicted molar refractivity (Wildman–Crippen MR) is 86.4 cm³/mol. The first kappa shape index (κ1) is 17.9. The number of nitrogens with one attached hydrogen (secondary N) is 2. The molecule has 1 aromatic rings. The summed E-state index contributed by atoms with van der Waals surface area (Å²) in [6.07, 6.45) is 0. The molecule has 5 nitrogen and oxygen atoms in total. The second-order valence-electron chi connectivity index (χ2n) is 5.15. The second-order valence-corrected chi connectivity index (χ2v) is 6.80. The molecule has 0 aliphatic carbocycles. The number of anilines is 1. The van der Waals surface area contributed by atoms with Crippen molar-refractivity contribution in [2.45, 2.75) is 45.6 Å². The number of rotatable bonds is 8. The minimum Gasteiger partial charge on any atom is -0.385 e. The van der Waals surface area contributed by atoms with Gasteiger partial charge in [-0.05, 0) is 57.9 Å². The molecule has 0 fully saturated rings. The zero-order valence-electron chi connectivity index (χ0n) is 13.5. The Labute approximate surface area is 128 Å². The smallest absolute Gasteiger partial charge is 0.241 e. The summed E-state index contributed by atoms with van der Waals surface area (Å²) in [4.78, 5) is 0.354. The number of ether oxygens (including phenoxy) is 1. The van der Waals surface area contributed by atoms with E-state index < -0.39 is 10.0 Å². The molecule has 0 heterocycles. The molecule has 2 N–H and O–H groups in total. The zero-order chi connectivity index (χ0) is 16.0. The van der Waals surface area contributed by atoms with Crippen molar-refractivity contribution < 1.29 is 13.2 Å². The number of sulfonamides is 1. The second kappa shape index (κ2) is 7.77. The Morgan fingerprint density at radius 1 is 1.19 bits per heavy atom. The van der Waals surface area contributed by atoms with Crippen LogP contribution in [0.2, 0.25) is 0 Å². The molecule has 1 unspecified atom stereocenters. The quantitative estimate of drug-likeness (QED) is 0.773. The van der Waals surface area contributed by atoms with Gasteiger partial charge in [0.1, 0.15) is 0 Å². The van der Waals surface area contributed by atoms with Crippen molar-refractivity contribution in [3.8, 4) is 0 Å². The van der Waals surface area contributed by atoms with Gasteiger partial charge in [-0.2, -0.15) is 0 Å². The molecule has 21 heavy (non-hydrogen) atoms. The number of benzene rings is 1. The Hall–Kier alpha value is -1.11. The highest BCUT2D eigenvalue weighted by Gasteiger charge is 2.22. The molecule has 0 aromatic heterocycles. The van der Waals surface area contributed by atoms with Crippen LogP contribution in [0.25, 0.3) is 0 Å². The Balaban J connectivity index is 3.03. The molecule has 0 aliphatic rings. The number of aryl methyl sites for hydroxylation is 2. The maximum absolute atomic E-state index is 12.5. The molecule has 0 spiro atoms. The third-order valence-electron chi connectivity index (χ3n) is 3.04. The van der Waals surface area contributed by atoms with E-state index in [1.807, 2.05) is 39.8 Å². The van der Waals surface area contributed by atoms with Gasteiger partial charge in [0.2, 0.25) is 10.0 Å². The van der Waals surface area contributed by atoms with Gasteiger partial charge in [-0.1, -0.05) is 0 Å². The van der Waals surface area contributed by atoms with E-state index in [0.29, 0.717) is 18.1 Å². The average Bonchev–Trinajstić information content (AvgIpc) is 2.34. The Morgan fingerprint density at radius 3 is 2.24 bits per heavy atom. The topological polar surface area (TPSA) is 67.4 Å². The van der Waals surface area contributed by atoms with Crippen LogP contribution in [0.1, 0.15) is 31.9 Å². The van der Waals surface area contributed by atoms with Crippen LogP contribution in [0.15, 0.2) is 17.0 Å². The van der Waals surface area contributed by atoms with Gasteiger partial charge < -0.3 is 10.1 Å². The molecule has 120 valence electrons. The summed E-state index contributed by atoms with van der Waals surface area (Å²) in [5, 5.41) is 3.20. The van der Waals surface area contributed by atoms with E-state index in [-0.39, 0.29) is 6.04 Å². The van der Waals surface area contributed by atoms with Gasteiger partial charge >= 0.3 is 0 Å². The van der Waals surface area contributed by atoms with Crippen LogP contribution in [0.5, 0.6) is 0 Å². The lowest BCUT2D eigenvalue weighted by Gasteiger charge is -2.18. The van der Waals surface area contributed by atoms with Gasteiger partial charge in [0.05, 0.1) is 11.5 Å². The summed E-state index contributed by atoms with van der Waals surface area (Å²) < 4.78 is 33.0. The summed E-state index contributed by atoms with van der Waals surface area (Å²) in [5.74, 6) is 0. The van der Waals surface area contributed by atoms with Gasteiger partial charge in [-0.25, -0.2) is 13.1 Å². The monoisotopic (exact) mass is 314 g/mol. The average molecular weight is 314 g/mol. The van der Waals surface area contributed by atoms with Crippen molar-refractivity contribution in [1.82, 2.24) is 4.72 Å². The lowest BCUT2D eigenvalue weighted by molar-refractivity contribution is 0.133. The minimum absolute atomic E-state index is 0.262. The highest BCUT2D eigenvalue weighted by atomic mass is 32.2. The maximum Gasteiger partial charge on any atom is 0.241 e. The van der Waals surface area contributed by atoms with Crippen molar-refractivity contribution in [1.29, 1.82) is 0 Å². The van der Waals surface area contributed by atoms with E-state index in [1.165, 1.54) is 0 Å². The lowest BCUT2D eigenvalue weighted by Crippen LogP contribution is -2.36. The van der Waals surface area contributed by atoms with E-state index in [9.17, 15) is 8.42 Å². The fourth-order valence-corrected chi connectivity index (χ4v) is 4.01. The normalized spacial score (nSPS) is 13.2. The molecule has 0 saturated heterocycles. The van der Waals surface area contributed by atoms with E-state index in [2.05, 4.69) is 10.0 Å². The van der Waals surface area contributed by atoms with Crippen LogP contribution in [-0.2, 0) is 14.8 Å².